The third kappa shape index (κ3) is 2.23. The molecule has 2 aromatic heterocycles. The quantitative estimate of drug-likeness (QED) is 0.687. The molecule has 0 fully saturated rings. The van der Waals surface area contributed by atoms with Crippen LogP contribution in [0.4, 0.5) is 0 Å². The molecule has 0 aliphatic heterocycles. The first-order chi connectivity index (χ1) is 10.0. The van der Waals surface area contributed by atoms with Crippen LogP contribution < -0.4 is 0 Å². The molecule has 0 radical (unpaired) electrons. The highest BCUT2D eigenvalue weighted by Gasteiger charge is 2.20. The second-order valence-electron chi connectivity index (χ2n) is 5.09. The predicted octanol–water partition coefficient (Wildman–Crippen LogP) is 3.81. The molecule has 0 saturated carbocycles. The molecule has 0 aliphatic rings. The van der Waals surface area contributed by atoms with E-state index in [4.69, 9.17) is 28.2 Å². The summed E-state index contributed by atoms with van der Waals surface area (Å²) in [5.74, 6) is 1.42. The standard InChI is InChI=1S/C15H16Cl2N4/c1-9-5-4-6-11(17)14(9)21-12(7-8-16)18-13-10(2)19-20(3)15(13)21/h4-6H,7-8H2,1-3H3. The molecule has 0 amide bonds. The van der Waals surface area contributed by atoms with Crippen molar-refractivity contribution in [3.8, 4) is 5.69 Å². The van der Waals surface area contributed by atoms with Gasteiger partial charge in [0.15, 0.2) is 5.65 Å². The minimum absolute atomic E-state index is 0.513. The Morgan fingerprint density at radius 2 is 2.00 bits per heavy atom. The zero-order chi connectivity index (χ0) is 15.1. The van der Waals surface area contributed by atoms with Crippen molar-refractivity contribution in [2.75, 3.05) is 5.88 Å². The van der Waals surface area contributed by atoms with E-state index in [9.17, 15) is 0 Å². The van der Waals surface area contributed by atoms with Gasteiger partial charge in [0.05, 0.1) is 16.4 Å². The maximum atomic E-state index is 6.44. The van der Waals surface area contributed by atoms with Crippen LogP contribution in [0.3, 0.4) is 0 Å². The lowest BCUT2D eigenvalue weighted by molar-refractivity contribution is 0.750. The molecule has 6 heteroatoms. The van der Waals surface area contributed by atoms with E-state index in [-0.39, 0.29) is 0 Å². The Morgan fingerprint density at radius 3 is 2.67 bits per heavy atom. The summed E-state index contributed by atoms with van der Waals surface area (Å²) in [4.78, 5) is 4.72. The fraction of sp³-hybridized carbons (Fsp3) is 0.333. The zero-order valence-corrected chi connectivity index (χ0v) is 13.7. The van der Waals surface area contributed by atoms with E-state index in [2.05, 4.69) is 9.67 Å². The number of nitrogens with zero attached hydrogens (tertiary/aromatic N) is 4. The van der Waals surface area contributed by atoms with Crippen LogP contribution in [0.2, 0.25) is 5.02 Å². The SMILES string of the molecule is Cc1cccc(Cl)c1-n1c(CCCl)nc2c(C)nn(C)c21. The Bertz CT molecular complexity index is 797. The van der Waals surface area contributed by atoms with E-state index < -0.39 is 0 Å². The second-order valence-corrected chi connectivity index (χ2v) is 5.87. The molecule has 1 aromatic carbocycles. The molecule has 110 valence electrons. The first kappa shape index (κ1) is 14.4. The van der Waals surface area contributed by atoms with Crippen molar-refractivity contribution in [2.24, 2.45) is 7.05 Å². The molecule has 3 aromatic rings. The highest BCUT2D eigenvalue weighted by Crippen LogP contribution is 2.30. The van der Waals surface area contributed by atoms with Gasteiger partial charge in [0.1, 0.15) is 11.3 Å². The molecule has 0 saturated heterocycles. The van der Waals surface area contributed by atoms with Crippen LogP contribution in [-0.4, -0.2) is 25.2 Å². The number of hydrogen-bond acceptors (Lipinski definition) is 2. The molecule has 0 N–H and O–H groups in total. The highest BCUT2D eigenvalue weighted by atomic mass is 35.5. The smallest absolute Gasteiger partial charge is 0.163 e. The summed E-state index contributed by atoms with van der Waals surface area (Å²) in [6.45, 7) is 4.00. The van der Waals surface area contributed by atoms with Gasteiger partial charge in [-0.3, -0.25) is 4.57 Å². The first-order valence-electron chi connectivity index (χ1n) is 6.77. The van der Waals surface area contributed by atoms with Gasteiger partial charge in [0.2, 0.25) is 0 Å². The lowest BCUT2D eigenvalue weighted by Gasteiger charge is -2.13. The number of alkyl halides is 1. The van der Waals surface area contributed by atoms with Crippen LogP contribution in [0, 0.1) is 13.8 Å². The fourth-order valence-electron chi connectivity index (χ4n) is 2.71. The zero-order valence-electron chi connectivity index (χ0n) is 12.2. The van der Waals surface area contributed by atoms with E-state index in [1.54, 1.807) is 0 Å². The lowest BCUT2D eigenvalue weighted by atomic mass is 10.2. The van der Waals surface area contributed by atoms with Gasteiger partial charge < -0.3 is 0 Å². The number of hydrogen-bond donors (Lipinski definition) is 0. The Morgan fingerprint density at radius 1 is 1.24 bits per heavy atom. The average molecular weight is 323 g/mol. The molecule has 0 unspecified atom stereocenters. The summed E-state index contributed by atoms with van der Waals surface area (Å²) >= 11 is 12.4. The molecule has 3 rings (SSSR count). The molecule has 0 aliphatic carbocycles. The number of imidazole rings is 1. The van der Waals surface area contributed by atoms with Crippen molar-refractivity contribution in [2.45, 2.75) is 20.3 Å². The van der Waals surface area contributed by atoms with E-state index in [1.165, 1.54) is 0 Å². The van der Waals surface area contributed by atoms with Crippen molar-refractivity contribution >= 4 is 34.4 Å². The van der Waals surface area contributed by atoms with Gasteiger partial charge in [-0.15, -0.1) is 11.6 Å². The normalized spacial score (nSPS) is 11.5. The molecular weight excluding hydrogens is 307 g/mol. The molecule has 2 heterocycles. The molecule has 0 spiro atoms. The summed E-state index contributed by atoms with van der Waals surface area (Å²) in [7, 11) is 1.92. The maximum Gasteiger partial charge on any atom is 0.163 e. The van der Waals surface area contributed by atoms with E-state index in [1.807, 2.05) is 43.8 Å². The fourth-order valence-corrected chi connectivity index (χ4v) is 3.19. The molecule has 4 nitrogen and oxygen atoms in total. The Labute approximate surface area is 133 Å². The van der Waals surface area contributed by atoms with Gasteiger partial charge in [0.25, 0.3) is 0 Å². The van der Waals surface area contributed by atoms with Crippen LogP contribution in [0.1, 0.15) is 17.1 Å². The highest BCUT2D eigenvalue weighted by molar-refractivity contribution is 6.32. The number of para-hydroxylation sites is 1. The van der Waals surface area contributed by atoms with E-state index in [0.29, 0.717) is 17.3 Å². The van der Waals surface area contributed by atoms with Gasteiger partial charge in [0, 0.05) is 19.3 Å². The van der Waals surface area contributed by atoms with Gasteiger partial charge in [-0.1, -0.05) is 23.7 Å². The first-order valence-corrected chi connectivity index (χ1v) is 7.68. The monoisotopic (exact) mass is 322 g/mol. The Hall–Kier alpha value is -1.52. The average Bonchev–Trinajstić information content (AvgIpc) is 2.90. The lowest BCUT2D eigenvalue weighted by Crippen LogP contribution is -2.08. The van der Waals surface area contributed by atoms with E-state index >= 15 is 0 Å². The van der Waals surface area contributed by atoms with Crippen LogP contribution in [0.15, 0.2) is 18.2 Å². The van der Waals surface area contributed by atoms with Crippen molar-refractivity contribution < 1.29 is 0 Å². The summed E-state index contributed by atoms with van der Waals surface area (Å²) in [5, 5.41) is 5.15. The van der Waals surface area contributed by atoms with Gasteiger partial charge in [-0.2, -0.15) is 5.10 Å². The topological polar surface area (TPSA) is 35.6 Å². The molecule has 21 heavy (non-hydrogen) atoms. The third-order valence-electron chi connectivity index (χ3n) is 3.60. The summed E-state index contributed by atoms with van der Waals surface area (Å²) in [5.41, 5.74) is 4.80. The van der Waals surface area contributed by atoms with Crippen molar-refractivity contribution in [3.05, 3.63) is 40.3 Å². The third-order valence-corrected chi connectivity index (χ3v) is 4.10. The molecule has 0 atom stereocenters. The largest absolute Gasteiger partial charge is 0.279 e. The summed E-state index contributed by atoms with van der Waals surface area (Å²) in [6.07, 6.45) is 0.681. The number of halogens is 2. The second kappa shape index (κ2) is 5.35. The minimum atomic E-state index is 0.513. The van der Waals surface area contributed by atoms with Crippen LogP contribution >= 0.6 is 23.2 Å². The summed E-state index contributed by atoms with van der Waals surface area (Å²) in [6, 6.07) is 5.88. The van der Waals surface area contributed by atoms with Crippen LogP contribution in [0.5, 0.6) is 0 Å². The van der Waals surface area contributed by atoms with Crippen molar-refractivity contribution in [1.82, 2.24) is 19.3 Å². The van der Waals surface area contributed by atoms with Gasteiger partial charge in [-0.25, -0.2) is 9.67 Å². The maximum absolute atomic E-state index is 6.44. The van der Waals surface area contributed by atoms with Gasteiger partial charge in [-0.05, 0) is 25.5 Å². The number of fused-ring (bicyclic) bond motifs is 1. The van der Waals surface area contributed by atoms with Crippen molar-refractivity contribution in [3.63, 3.8) is 0 Å². The van der Waals surface area contributed by atoms with E-state index in [0.717, 1.165) is 33.9 Å². The molecular formula is C15H16Cl2N4. The minimum Gasteiger partial charge on any atom is -0.279 e. The Balaban J connectivity index is 2.42. The number of aromatic nitrogens is 4. The molecule has 0 bridgehead atoms. The van der Waals surface area contributed by atoms with Crippen LogP contribution in [0.25, 0.3) is 16.9 Å². The number of rotatable bonds is 3. The Kier molecular flexibility index (Phi) is 3.68. The number of aryl methyl sites for hydroxylation is 4. The van der Waals surface area contributed by atoms with Crippen LogP contribution in [-0.2, 0) is 13.5 Å². The summed E-state index contributed by atoms with van der Waals surface area (Å²) < 4.78 is 3.92. The van der Waals surface area contributed by atoms with Crippen molar-refractivity contribution in [1.29, 1.82) is 0 Å². The van der Waals surface area contributed by atoms with Gasteiger partial charge >= 0.3 is 0 Å². The number of benzene rings is 1. The predicted molar refractivity (Wildman–Crippen MR) is 86.7 cm³/mol.